The van der Waals surface area contributed by atoms with Gasteiger partial charge < -0.3 is 24.6 Å². The summed E-state index contributed by atoms with van der Waals surface area (Å²) in [5.74, 6) is -1.81. The fourth-order valence-corrected chi connectivity index (χ4v) is 2.31. The summed E-state index contributed by atoms with van der Waals surface area (Å²) in [5.41, 5.74) is 0.778. The number of amides is 1. The summed E-state index contributed by atoms with van der Waals surface area (Å²) in [6.07, 6.45) is 2.51. The average molecular weight is 410 g/mol. The first kappa shape index (κ1) is 21.0. The van der Waals surface area contributed by atoms with Crippen LogP contribution in [0.1, 0.15) is 5.56 Å². The first-order chi connectivity index (χ1) is 13.3. The number of phenolic OH excluding ortho intramolecular Hbond substituents is 1. The molecule has 0 spiro atoms. The number of rotatable bonds is 7. The van der Waals surface area contributed by atoms with Gasteiger partial charge in [-0.3, -0.25) is 4.79 Å². The predicted molar refractivity (Wildman–Crippen MR) is 101 cm³/mol. The van der Waals surface area contributed by atoms with Crippen LogP contribution in [0.4, 0.5) is 10.1 Å². The van der Waals surface area contributed by atoms with Crippen LogP contribution in [0, 0.1) is 5.82 Å². The van der Waals surface area contributed by atoms with Crippen molar-refractivity contribution in [2.24, 2.45) is 0 Å². The molecule has 0 saturated carbocycles. The number of carbonyl (C=O) groups excluding carboxylic acids is 2. The summed E-state index contributed by atoms with van der Waals surface area (Å²) >= 11 is 5.62. The van der Waals surface area contributed by atoms with Crippen molar-refractivity contribution in [3.8, 4) is 17.2 Å². The Hall–Kier alpha value is -3.26. The van der Waals surface area contributed by atoms with Crippen molar-refractivity contribution in [3.63, 3.8) is 0 Å². The predicted octanol–water partition coefficient (Wildman–Crippen LogP) is 3.40. The van der Waals surface area contributed by atoms with Gasteiger partial charge in [0.1, 0.15) is 5.82 Å². The van der Waals surface area contributed by atoms with E-state index in [0.717, 1.165) is 12.1 Å². The van der Waals surface area contributed by atoms with Crippen LogP contribution >= 0.6 is 11.6 Å². The van der Waals surface area contributed by atoms with Gasteiger partial charge in [0.05, 0.1) is 19.2 Å². The summed E-state index contributed by atoms with van der Waals surface area (Å²) in [5, 5.41) is 12.1. The lowest BCUT2D eigenvalue weighted by Gasteiger charge is -2.09. The van der Waals surface area contributed by atoms with Crippen LogP contribution in [0.15, 0.2) is 36.4 Å². The molecule has 1 amide bonds. The Balaban J connectivity index is 1.93. The average Bonchev–Trinajstić information content (AvgIpc) is 2.68. The molecule has 0 heterocycles. The van der Waals surface area contributed by atoms with E-state index in [4.69, 9.17) is 25.8 Å². The van der Waals surface area contributed by atoms with Crippen LogP contribution < -0.4 is 14.8 Å². The number of hydrogen-bond donors (Lipinski definition) is 2. The maximum absolute atomic E-state index is 13.1. The van der Waals surface area contributed by atoms with Crippen molar-refractivity contribution in [2.75, 3.05) is 26.1 Å². The van der Waals surface area contributed by atoms with Gasteiger partial charge in [0, 0.05) is 11.8 Å². The number of halogens is 2. The highest BCUT2D eigenvalue weighted by atomic mass is 35.5. The molecule has 0 radical (unpaired) electrons. The van der Waals surface area contributed by atoms with Gasteiger partial charge in [0.2, 0.25) is 5.75 Å². The SMILES string of the molecule is COc1cc(C=CC(=O)OCC(=O)Nc2ccc(F)c(Cl)c2)cc(OC)c1O. The molecule has 148 valence electrons. The smallest absolute Gasteiger partial charge is 0.331 e. The van der Waals surface area contributed by atoms with Crippen molar-refractivity contribution >= 4 is 35.2 Å². The second-order valence-corrected chi connectivity index (χ2v) is 5.80. The van der Waals surface area contributed by atoms with Crippen molar-refractivity contribution in [1.82, 2.24) is 0 Å². The number of hydrogen-bond acceptors (Lipinski definition) is 6. The number of ether oxygens (including phenoxy) is 3. The number of benzene rings is 2. The molecule has 2 rings (SSSR count). The van der Waals surface area contributed by atoms with Crippen LogP contribution in [0.3, 0.4) is 0 Å². The molecule has 0 saturated heterocycles. The van der Waals surface area contributed by atoms with Crippen molar-refractivity contribution in [3.05, 3.63) is 52.8 Å². The summed E-state index contributed by atoms with van der Waals surface area (Å²) in [6.45, 7) is -0.541. The topological polar surface area (TPSA) is 94.1 Å². The minimum atomic E-state index is -0.765. The molecule has 0 atom stereocenters. The maximum Gasteiger partial charge on any atom is 0.331 e. The van der Waals surface area contributed by atoms with Gasteiger partial charge in [-0.25, -0.2) is 9.18 Å². The van der Waals surface area contributed by atoms with E-state index in [1.807, 2.05) is 0 Å². The molecule has 0 bridgehead atoms. The second kappa shape index (κ2) is 9.61. The third-order valence-corrected chi connectivity index (χ3v) is 3.75. The molecule has 0 aromatic heterocycles. The normalized spacial score (nSPS) is 10.6. The summed E-state index contributed by atoms with van der Waals surface area (Å²) < 4.78 is 28.0. The molecule has 0 fully saturated rings. The fourth-order valence-electron chi connectivity index (χ4n) is 2.13. The minimum Gasteiger partial charge on any atom is -0.502 e. The van der Waals surface area contributed by atoms with Crippen molar-refractivity contribution in [1.29, 1.82) is 0 Å². The Labute approximate surface area is 165 Å². The molecule has 9 heteroatoms. The second-order valence-electron chi connectivity index (χ2n) is 5.39. The zero-order valence-corrected chi connectivity index (χ0v) is 15.7. The molecule has 2 aromatic carbocycles. The number of methoxy groups -OCH3 is 2. The van der Waals surface area contributed by atoms with Crippen LogP contribution in [-0.2, 0) is 14.3 Å². The standard InChI is InChI=1S/C19H17ClFNO6/c1-26-15-7-11(8-16(27-2)19(15)25)3-6-18(24)28-10-17(23)22-12-4-5-14(21)13(20)9-12/h3-9,25H,10H2,1-2H3,(H,22,23). The Morgan fingerprint density at radius 1 is 1.18 bits per heavy atom. The molecule has 0 unspecified atom stereocenters. The van der Waals surface area contributed by atoms with E-state index >= 15 is 0 Å². The molecular weight excluding hydrogens is 393 g/mol. The molecular formula is C19H17ClFNO6. The van der Waals surface area contributed by atoms with E-state index in [2.05, 4.69) is 5.32 Å². The van der Waals surface area contributed by atoms with Gasteiger partial charge in [-0.2, -0.15) is 0 Å². The van der Waals surface area contributed by atoms with Gasteiger partial charge in [-0.05, 0) is 42.0 Å². The number of anilines is 1. The van der Waals surface area contributed by atoms with Crippen molar-refractivity contribution in [2.45, 2.75) is 0 Å². The molecule has 2 N–H and O–H groups in total. The summed E-state index contributed by atoms with van der Waals surface area (Å²) in [7, 11) is 2.76. The van der Waals surface area contributed by atoms with Crippen LogP contribution in [0.25, 0.3) is 6.08 Å². The summed E-state index contributed by atoms with van der Waals surface area (Å²) in [4.78, 5) is 23.6. The highest BCUT2D eigenvalue weighted by Gasteiger charge is 2.11. The van der Waals surface area contributed by atoms with E-state index in [-0.39, 0.29) is 28.0 Å². The Morgan fingerprint density at radius 3 is 2.39 bits per heavy atom. The van der Waals surface area contributed by atoms with Crippen LogP contribution in [0.5, 0.6) is 17.2 Å². The largest absolute Gasteiger partial charge is 0.502 e. The number of esters is 1. The van der Waals surface area contributed by atoms with E-state index < -0.39 is 24.3 Å². The quantitative estimate of drug-likeness (QED) is 0.537. The van der Waals surface area contributed by atoms with E-state index in [9.17, 15) is 19.1 Å². The van der Waals surface area contributed by atoms with Crippen LogP contribution in [0.2, 0.25) is 5.02 Å². The molecule has 2 aromatic rings. The highest BCUT2D eigenvalue weighted by molar-refractivity contribution is 6.31. The maximum atomic E-state index is 13.1. The van der Waals surface area contributed by atoms with Gasteiger partial charge in [-0.1, -0.05) is 11.6 Å². The van der Waals surface area contributed by atoms with Gasteiger partial charge in [-0.15, -0.1) is 0 Å². The first-order valence-corrected chi connectivity index (χ1v) is 8.26. The number of carbonyl (C=O) groups is 2. The molecule has 7 nitrogen and oxygen atoms in total. The minimum absolute atomic E-state index is 0.141. The Kier molecular flexibility index (Phi) is 7.22. The lowest BCUT2D eigenvalue weighted by molar-refractivity contribution is -0.142. The number of nitrogens with one attached hydrogen (secondary N) is 1. The fraction of sp³-hybridized carbons (Fsp3) is 0.158. The lowest BCUT2D eigenvalue weighted by Crippen LogP contribution is -2.20. The Bertz CT molecular complexity index is 890. The zero-order chi connectivity index (χ0) is 20.7. The summed E-state index contributed by atoms with van der Waals surface area (Å²) in [6, 6.07) is 6.65. The third kappa shape index (κ3) is 5.62. The Morgan fingerprint density at radius 2 is 1.82 bits per heavy atom. The molecule has 0 aliphatic rings. The lowest BCUT2D eigenvalue weighted by atomic mass is 10.1. The van der Waals surface area contributed by atoms with E-state index in [1.54, 1.807) is 0 Å². The molecule has 0 aliphatic heterocycles. The van der Waals surface area contributed by atoms with E-state index in [1.165, 1.54) is 44.6 Å². The van der Waals surface area contributed by atoms with Crippen LogP contribution in [-0.4, -0.2) is 37.8 Å². The van der Waals surface area contributed by atoms with Crippen molar-refractivity contribution < 1.29 is 33.3 Å². The highest BCUT2D eigenvalue weighted by Crippen LogP contribution is 2.37. The van der Waals surface area contributed by atoms with Gasteiger partial charge in [0.25, 0.3) is 5.91 Å². The third-order valence-electron chi connectivity index (χ3n) is 3.46. The molecule has 28 heavy (non-hydrogen) atoms. The number of phenols is 1. The number of aromatic hydroxyl groups is 1. The molecule has 0 aliphatic carbocycles. The first-order valence-electron chi connectivity index (χ1n) is 7.88. The van der Waals surface area contributed by atoms with Gasteiger partial charge in [0.15, 0.2) is 18.1 Å². The van der Waals surface area contributed by atoms with Gasteiger partial charge >= 0.3 is 5.97 Å². The monoisotopic (exact) mass is 409 g/mol. The van der Waals surface area contributed by atoms with E-state index in [0.29, 0.717) is 5.56 Å². The zero-order valence-electron chi connectivity index (χ0n) is 15.0.